The molecule has 0 saturated carbocycles. The Morgan fingerprint density at radius 2 is 2.06 bits per heavy atom. The molecule has 0 spiro atoms. The molecule has 0 aliphatic heterocycles. The summed E-state index contributed by atoms with van der Waals surface area (Å²) in [6, 6.07) is 2.00. The Morgan fingerprint density at radius 1 is 1.33 bits per heavy atom. The number of anilines is 1. The molecule has 0 bridgehead atoms. The lowest BCUT2D eigenvalue weighted by Crippen LogP contribution is -2.24. The Labute approximate surface area is 111 Å². The van der Waals surface area contributed by atoms with Gasteiger partial charge in [0.2, 0.25) is 0 Å². The molecule has 0 atom stereocenters. The number of aryl methyl sites for hydroxylation is 1. The van der Waals surface area contributed by atoms with Crippen molar-refractivity contribution in [3.63, 3.8) is 0 Å². The van der Waals surface area contributed by atoms with Gasteiger partial charge < -0.3 is 5.32 Å². The lowest BCUT2D eigenvalue weighted by molar-refractivity contribution is 0.282. The van der Waals surface area contributed by atoms with Crippen molar-refractivity contribution >= 4 is 5.82 Å². The lowest BCUT2D eigenvalue weighted by atomic mass is 10.2. The van der Waals surface area contributed by atoms with Crippen molar-refractivity contribution in [1.29, 1.82) is 0 Å². The van der Waals surface area contributed by atoms with Crippen molar-refractivity contribution in [3.8, 4) is 0 Å². The second kappa shape index (κ2) is 7.31. The maximum absolute atomic E-state index is 4.55. The summed E-state index contributed by atoms with van der Waals surface area (Å²) in [5, 5.41) is 3.32. The van der Waals surface area contributed by atoms with E-state index in [0.717, 1.165) is 43.4 Å². The normalized spacial score (nSPS) is 11.3. The molecule has 0 aromatic carbocycles. The number of aromatic nitrogens is 2. The number of hydrogen-bond acceptors (Lipinski definition) is 4. The van der Waals surface area contributed by atoms with E-state index >= 15 is 0 Å². The maximum atomic E-state index is 4.55. The molecule has 1 aromatic heterocycles. The molecule has 0 aliphatic rings. The Morgan fingerprint density at radius 3 is 2.67 bits per heavy atom. The minimum Gasteiger partial charge on any atom is -0.370 e. The van der Waals surface area contributed by atoms with Crippen molar-refractivity contribution in [3.05, 3.63) is 17.6 Å². The van der Waals surface area contributed by atoms with Crippen molar-refractivity contribution < 1.29 is 0 Å². The van der Waals surface area contributed by atoms with Gasteiger partial charge in [-0.05, 0) is 26.3 Å². The number of nitrogens with zero attached hydrogens (tertiary/aromatic N) is 3. The van der Waals surface area contributed by atoms with Gasteiger partial charge in [0.25, 0.3) is 0 Å². The molecular formula is C14H26N4. The van der Waals surface area contributed by atoms with Gasteiger partial charge in [-0.2, -0.15) is 0 Å². The van der Waals surface area contributed by atoms with Crippen LogP contribution in [0.15, 0.2) is 6.07 Å². The Bertz CT molecular complexity index is 363. The highest BCUT2D eigenvalue weighted by molar-refractivity contribution is 5.35. The van der Waals surface area contributed by atoms with Gasteiger partial charge in [0.1, 0.15) is 11.6 Å². The van der Waals surface area contributed by atoms with Crippen molar-refractivity contribution in [2.75, 3.05) is 25.5 Å². The first-order chi connectivity index (χ1) is 8.51. The van der Waals surface area contributed by atoms with Crippen LogP contribution in [-0.2, 0) is 6.54 Å². The van der Waals surface area contributed by atoms with E-state index in [1.54, 1.807) is 0 Å². The fraction of sp³-hybridized carbons (Fsp3) is 0.714. The summed E-state index contributed by atoms with van der Waals surface area (Å²) in [7, 11) is 2.12. The molecule has 4 heteroatoms. The molecule has 1 heterocycles. The van der Waals surface area contributed by atoms with Crippen LogP contribution in [0.25, 0.3) is 0 Å². The van der Waals surface area contributed by atoms with E-state index in [9.17, 15) is 0 Å². The largest absolute Gasteiger partial charge is 0.370 e. The fourth-order valence-electron chi connectivity index (χ4n) is 1.97. The van der Waals surface area contributed by atoms with E-state index in [0.29, 0.717) is 5.92 Å². The molecule has 0 amide bonds. The summed E-state index contributed by atoms with van der Waals surface area (Å²) in [6.07, 6.45) is 1.10. The zero-order valence-electron chi connectivity index (χ0n) is 12.3. The van der Waals surface area contributed by atoms with Crippen LogP contribution in [0, 0.1) is 12.8 Å². The van der Waals surface area contributed by atoms with Crippen LogP contribution in [0.5, 0.6) is 0 Å². The highest BCUT2D eigenvalue weighted by atomic mass is 15.1. The third-order valence-corrected chi connectivity index (χ3v) is 2.54. The van der Waals surface area contributed by atoms with Gasteiger partial charge in [-0.3, -0.25) is 4.90 Å². The Kier molecular flexibility index (Phi) is 6.05. The Balaban J connectivity index is 2.67. The monoisotopic (exact) mass is 250 g/mol. The third-order valence-electron chi connectivity index (χ3n) is 2.54. The number of nitrogens with one attached hydrogen (secondary N) is 1. The third kappa shape index (κ3) is 5.45. The molecule has 4 nitrogen and oxygen atoms in total. The zero-order valence-corrected chi connectivity index (χ0v) is 12.3. The summed E-state index contributed by atoms with van der Waals surface area (Å²) in [6.45, 7) is 11.4. The molecule has 1 N–H and O–H groups in total. The second-order valence-corrected chi connectivity index (χ2v) is 5.33. The van der Waals surface area contributed by atoms with Gasteiger partial charge in [-0.15, -0.1) is 0 Å². The standard InChI is InChI=1S/C14H26N4/c1-6-7-15-13-8-12(4)16-14(17-13)10-18(5)9-11(2)3/h8,11H,6-7,9-10H2,1-5H3,(H,15,16,17). The molecule has 0 radical (unpaired) electrons. The summed E-state index contributed by atoms with van der Waals surface area (Å²) in [4.78, 5) is 11.3. The molecule has 1 rings (SSSR count). The van der Waals surface area contributed by atoms with E-state index in [4.69, 9.17) is 0 Å². The maximum Gasteiger partial charge on any atom is 0.144 e. The first kappa shape index (κ1) is 14.9. The van der Waals surface area contributed by atoms with Crippen LogP contribution in [0.1, 0.15) is 38.7 Å². The fourth-order valence-corrected chi connectivity index (χ4v) is 1.97. The van der Waals surface area contributed by atoms with E-state index in [1.807, 2.05) is 13.0 Å². The summed E-state index contributed by atoms with van der Waals surface area (Å²) < 4.78 is 0. The molecule has 0 fully saturated rings. The van der Waals surface area contributed by atoms with Crippen LogP contribution in [0.2, 0.25) is 0 Å². The van der Waals surface area contributed by atoms with Crippen molar-refractivity contribution in [1.82, 2.24) is 14.9 Å². The predicted molar refractivity (Wildman–Crippen MR) is 76.7 cm³/mol. The van der Waals surface area contributed by atoms with Gasteiger partial charge in [-0.25, -0.2) is 9.97 Å². The zero-order chi connectivity index (χ0) is 13.5. The second-order valence-electron chi connectivity index (χ2n) is 5.33. The van der Waals surface area contributed by atoms with Gasteiger partial charge >= 0.3 is 0 Å². The van der Waals surface area contributed by atoms with Crippen molar-refractivity contribution in [2.45, 2.75) is 40.7 Å². The van der Waals surface area contributed by atoms with E-state index < -0.39 is 0 Å². The number of rotatable bonds is 7. The summed E-state index contributed by atoms with van der Waals surface area (Å²) in [5.74, 6) is 2.51. The van der Waals surface area contributed by atoms with Crippen LogP contribution in [0.4, 0.5) is 5.82 Å². The molecule has 0 saturated heterocycles. The summed E-state index contributed by atoms with van der Waals surface area (Å²) >= 11 is 0. The van der Waals surface area contributed by atoms with Gasteiger partial charge in [0.05, 0.1) is 6.54 Å². The molecule has 0 unspecified atom stereocenters. The quantitative estimate of drug-likeness (QED) is 0.808. The van der Waals surface area contributed by atoms with Crippen LogP contribution in [-0.4, -0.2) is 35.0 Å². The Hall–Kier alpha value is -1.16. The highest BCUT2D eigenvalue weighted by Gasteiger charge is 2.07. The first-order valence-electron chi connectivity index (χ1n) is 6.78. The minimum atomic E-state index is 0.664. The average Bonchev–Trinajstić information content (AvgIpc) is 2.24. The molecule has 18 heavy (non-hydrogen) atoms. The van der Waals surface area contributed by atoms with Crippen LogP contribution >= 0.6 is 0 Å². The van der Waals surface area contributed by atoms with Gasteiger partial charge in [0.15, 0.2) is 0 Å². The molecule has 102 valence electrons. The van der Waals surface area contributed by atoms with E-state index in [-0.39, 0.29) is 0 Å². The van der Waals surface area contributed by atoms with Crippen LogP contribution < -0.4 is 5.32 Å². The SMILES string of the molecule is CCCNc1cc(C)nc(CN(C)CC(C)C)n1. The number of hydrogen-bond donors (Lipinski definition) is 1. The summed E-state index contributed by atoms with van der Waals surface area (Å²) in [5.41, 5.74) is 1.02. The van der Waals surface area contributed by atoms with Gasteiger partial charge in [0, 0.05) is 24.8 Å². The molecular weight excluding hydrogens is 224 g/mol. The van der Waals surface area contributed by atoms with Crippen LogP contribution in [0.3, 0.4) is 0 Å². The smallest absolute Gasteiger partial charge is 0.144 e. The van der Waals surface area contributed by atoms with E-state index in [2.05, 4.69) is 48.0 Å². The first-order valence-corrected chi connectivity index (χ1v) is 6.78. The topological polar surface area (TPSA) is 41.1 Å². The highest BCUT2D eigenvalue weighted by Crippen LogP contribution is 2.08. The van der Waals surface area contributed by atoms with E-state index in [1.165, 1.54) is 0 Å². The predicted octanol–water partition coefficient (Wildman–Crippen LogP) is 2.69. The molecule has 0 aliphatic carbocycles. The lowest BCUT2D eigenvalue weighted by Gasteiger charge is -2.18. The van der Waals surface area contributed by atoms with Gasteiger partial charge in [-0.1, -0.05) is 20.8 Å². The minimum absolute atomic E-state index is 0.664. The molecule has 1 aromatic rings. The van der Waals surface area contributed by atoms with Crippen molar-refractivity contribution in [2.24, 2.45) is 5.92 Å². The average molecular weight is 250 g/mol.